The summed E-state index contributed by atoms with van der Waals surface area (Å²) < 4.78 is 0. The van der Waals surface area contributed by atoms with Gasteiger partial charge in [-0.25, -0.2) is 0 Å². The van der Waals surface area contributed by atoms with Crippen molar-refractivity contribution in [3.8, 4) is 0 Å². The minimum absolute atomic E-state index is 0.00990. The van der Waals surface area contributed by atoms with Crippen molar-refractivity contribution in [1.82, 2.24) is 10.2 Å². The Morgan fingerprint density at radius 3 is 2.39 bits per heavy atom. The molecule has 2 amide bonds. The molecule has 0 saturated heterocycles. The van der Waals surface area contributed by atoms with Gasteiger partial charge in [0.15, 0.2) is 0 Å². The molecule has 2 aromatic carbocycles. The van der Waals surface area contributed by atoms with Gasteiger partial charge < -0.3 is 10.2 Å². The molecule has 3 rings (SSSR count). The number of carbonyl (C=O) groups excluding carboxylic acids is 2. The molecular formula is C25H31ClN2O2S. The zero-order valence-corrected chi connectivity index (χ0v) is 19.6. The highest BCUT2D eigenvalue weighted by Gasteiger charge is 2.30. The minimum atomic E-state index is -0.471. The second kappa shape index (κ2) is 12.2. The van der Waals surface area contributed by atoms with E-state index in [0.717, 1.165) is 37.0 Å². The fourth-order valence-electron chi connectivity index (χ4n) is 3.99. The van der Waals surface area contributed by atoms with Crippen molar-refractivity contribution in [3.63, 3.8) is 0 Å². The van der Waals surface area contributed by atoms with Gasteiger partial charge in [0.05, 0.1) is 5.75 Å². The fourth-order valence-corrected chi connectivity index (χ4v) is 4.98. The molecule has 0 radical (unpaired) electrons. The first-order valence-electron chi connectivity index (χ1n) is 11.0. The zero-order valence-electron chi connectivity index (χ0n) is 18.1. The molecule has 1 aliphatic carbocycles. The summed E-state index contributed by atoms with van der Waals surface area (Å²) in [5.41, 5.74) is 2.16. The maximum Gasteiger partial charge on any atom is 0.243 e. The summed E-state index contributed by atoms with van der Waals surface area (Å²) >= 11 is 7.61. The van der Waals surface area contributed by atoms with E-state index in [1.165, 1.54) is 5.56 Å². The van der Waals surface area contributed by atoms with Gasteiger partial charge in [-0.2, -0.15) is 0 Å². The Balaban J connectivity index is 1.69. The predicted octanol–water partition coefficient (Wildman–Crippen LogP) is 5.44. The molecule has 0 bridgehead atoms. The average molecular weight is 459 g/mol. The molecular weight excluding hydrogens is 428 g/mol. The van der Waals surface area contributed by atoms with Crippen LogP contribution in [-0.4, -0.2) is 34.6 Å². The topological polar surface area (TPSA) is 49.4 Å². The molecule has 0 spiro atoms. The molecule has 166 valence electrons. The van der Waals surface area contributed by atoms with Crippen molar-refractivity contribution in [3.05, 3.63) is 70.7 Å². The van der Waals surface area contributed by atoms with Crippen LogP contribution in [-0.2, 0) is 21.9 Å². The average Bonchev–Trinajstić information content (AvgIpc) is 3.28. The number of amides is 2. The number of hydrogen-bond donors (Lipinski definition) is 1. The Morgan fingerprint density at radius 2 is 1.74 bits per heavy atom. The SMILES string of the molecule is CC[C@H](C(=O)NC1CCCC1)N(Cc1ccc(Cl)cc1)C(=O)CSCc1ccccc1. The highest BCUT2D eigenvalue weighted by atomic mass is 35.5. The molecule has 6 heteroatoms. The molecule has 1 aliphatic rings. The smallest absolute Gasteiger partial charge is 0.243 e. The summed E-state index contributed by atoms with van der Waals surface area (Å²) in [6, 6.07) is 17.4. The van der Waals surface area contributed by atoms with Gasteiger partial charge in [-0.1, -0.05) is 73.8 Å². The van der Waals surface area contributed by atoms with Crippen LogP contribution in [0.3, 0.4) is 0 Å². The first-order valence-corrected chi connectivity index (χ1v) is 12.6. The molecule has 31 heavy (non-hydrogen) atoms. The highest BCUT2D eigenvalue weighted by Crippen LogP contribution is 2.21. The van der Waals surface area contributed by atoms with E-state index in [1.54, 1.807) is 16.7 Å². The van der Waals surface area contributed by atoms with E-state index in [2.05, 4.69) is 17.4 Å². The summed E-state index contributed by atoms with van der Waals surface area (Å²) in [4.78, 5) is 28.1. The molecule has 0 aromatic heterocycles. The van der Waals surface area contributed by atoms with Gasteiger partial charge in [-0.3, -0.25) is 9.59 Å². The lowest BCUT2D eigenvalue weighted by atomic mass is 10.1. The Hall–Kier alpha value is -1.98. The van der Waals surface area contributed by atoms with Crippen molar-refractivity contribution in [2.24, 2.45) is 0 Å². The van der Waals surface area contributed by atoms with Crippen LogP contribution in [0.15, 0.2) is 54.6 Å². The van der Waals surface area contributed by atoms with Crippen molar-refractivity contribution in [1.29, 1.82) is 0 Å². The van der Waals surface area contributed by atoms with Crippen molar-refractivity contribution >= 4 is 35.2 Å². The lowest BCUT2D eigenvalue weighted by Gasteiger charge is -2.31. The third-order valence-corrected chi connectivity index (χ3v) is 6.93. The number of halogens is 1. The molecule has 1 atom stereocenters. The number of hydrogen-bond acceptors (Lipinski definition) is 3. The van der Waals surface area contributed by atoms with Crippen molar-refractivity contribution in [2.75, 3.05) is 5.75 Å². The second-order valence-electron chi connectivity index (χ2n) is 8.04. The number of nitrogens with zero attached hydrogens (tertiary/aromatic N) is 1. The van der Waals surface area contributed by atoms with Gasteiger partial charge in [0.25, 0.3) is 0 Å². The Kier molecular flexibility index (Phi) is 9.29. The Morgan fingerprint density at radius 1 is 1.06 bits per heavy atom. The zero-order chi connectivity index (χ0) is 22.1. The number of thioether (sulfide) groups is 1. The maximum absolute atomic E-state index is 13.2. The van der Waals surface area contributed by atoms with Crippen molar-refractivity contribution in [2.45, 2.75) is 63.4 Å². The molecule has 0 aliphatic heterocycles. The van der Waals surface area contributed by atoms with Crippen LogP contribution in [0.25, 0.3) is 0 Å². The van der Waals surface area contributed by atoms with Gasteiger partial charge in [-0.05, 0) is 42.5 Å². The molecule has 1 N–H and O–H groups in total. The minimum Gasteiger partial charge on any atom is -0.352 e. The van der Waals surface area contributed by atoms with E-state index in [-0.39, 0.29) is 17.9 Å². The summed E-state index contributed by atoms with van der Waals surface area (Å²) in [6.07, 6.45) is 4.96. The van der Waals surface area contributed by atoms with Gasteiger partial charge in [0.2, 0.25) is 11.8 Å². The Bertz CT molecular complexity index is 838. The highest BCUT2D eigenvalue weighted by molar-refractivity contribution is 7.99. The molecule has 1 fully saturated rings. The standard InChI is InChI=1S/C25H31ClN2O2S/c1-2-23(25(30)27-22-10-6-7-11-22)28(16-19-12-14-21(26)15-13-19)24(29)18-31-17-20-8-4-3-5-9-20/h3-5,8-9,12-15,22-23H,2,6-7,10-11,16-18H2,1H3,(H,27,30)/t23-/m1/s1. The molecule has 0 unspecified atom stereocenters. The quantitative estimate of drug-likeness (QED) is 0.515. The number of benzene rings is 2. The lowest BCUT2D eigenvalue weighted by molar-refractivity contribution is -0.139. The largest absolute Gasteiger partial charge is 0.352 e. The van der Waals surface area contributed by atoms with Crippen LogP contribution in [0, 0.1) is 0 Å². The van der Waals surface area contributed by atoms with Crippen LogP contribution in [0.4, 0.5) is 0 Å². The van der Waals surface area contributed by atoms with E-state index in [4.69, 9.17) is 11.6 Å². The third-order valence-electron chi connectivity index (χ3n) is 5.69. The first kappa shape index (κ1) is 23.7. The van der Waals surface area contributed by atoms with E-state index < -0.39 is 6.04 Å². The van der Waals surface area contributed by atoms with Crippen LogP contribution in [0.5, 0.6) is 0 Å². The van der Waals surface area contributed by atoms with Gasteiger partial charge in [-0.15, -0.1) is 11.8 Å². The van der Waals surface area contributed by atoms with Gasteiger partial charge in [0, 0.05) is 23.4 Å². The Labute approximate surface area is 194 Å². The van der Waals surface area contributed by atoms with E-state index in [9.17, 15) is 9.59 Å². The molecule has 1 saturated carbocycles. The van der Waals surface area contributed by atoms with Gasteiger partial charge in [0.1, 0.15) is 6.04 Å². The van der Waals surface area contributed by atoms with E-state index >= 15 is 0 Å². The normalized spacial score (nSPS) is 14.9. The number of rotatable bonds is 10. The fraction of sp³-hybridized carbons (Fsp3) is 0.440. The molecule has 0 heterocycles. The summed E-state index contributed by atoms with van der Waals surface area (Å²) in [7, 11) is 0. The van der Waals surface area contributed by atoms with Gasteiger partial charge >= 0.3 is 0 Å². The van der Waals surface area contributed by atoms with Crippen LogP contribution in [0.1, 0.15) is 50.2 Å². The van der Waals surface area contributed by atoms with Crippen LogP contribution < -0.4 is 5.32 Å². The summed E-state index contributed by atoms with van der Waals surface area (Å²) in [6.45, 7) is 2.37. The number of nitrogens with one attached hydrogen (secondary N) is 1. The molecule has 4 nitrogen and oxygen atoms in total. The van der Waals surface area contributed by atoms with Crippen LogP contribution in [0.2, 0.25) is 5.02 Å². The summed E-state index contributed by atoms with van der Waals surface area (Å²) in [5.74, 6) is 1.07. The lowest BCUT2D eigenvalue weighted by Crippen LogP contribution is -2.51. The van der Waals surface area contributed by atoms with Crippen molar-refractivity contribution < 1.29 is 9.59 Å². The monoisotopic (exact) mass is 458 g/mol. The van der Waals surface area contributed by atoms with Crippen LogP contribution >= 0.6 is 23.4 Å². The number of carbonyl (C=O) groups is 2. The maximum atomic E-state index is 13.2. The first-order chi connectivity index (χ1) is 15.1. The second-order valence-corrected chi connectivity index (χ2v) is 9.46. The molecule has 2 aromatic rings. The van der Waals surface area contributed by atoms with E-state index in [0.29, 0.717) is 23.7 Å². The van der Waals surface area contributed by atoms with E-state index in [1.807, 2.05) is 49.4 Å². The predicted molar refractivity (Wildman–Crippen MR) is 129 cm³/mol. The summed E-state index contributed by atoms with van der Waals surface area (Å²) in [5, 5.41) is 3.84. The third kappa shape index (κ3) is 7.29.